The molecule has 156 valence electrons. The highest BCUT2D eigenvalue weighted by Gasteiger charge is 2.12. The zero-order valence-corrected chi connectivity index (χ0v) is 18.4. The molecular formula is C23H28Br2N2O2. The van der Waals surface area contributed by atoms with Crippen LogP contribution in [0.1, 0.15) is 44.9 Å². The van der Waals surface area contributed by atoms with E-state index in [2.05, 4.69) is 73.3 Å². The molecule has 0 unspecified atom stereocenters. The van der Waals surface area contributed by atoms with Crippen LogP contribution in [0.5, 0.6) is 0 Å². The van der Waals surface area contributed by atoms with Crippen molar-refractivity contribution in [2.75, 3.05) is 0 Å². The molecule has 0 aliphatic heterocycles. The van der Waals surface area contributed by atoms with Gasteiger partial charge in [-0.2, -0.15) is 0 Å². The number of halogens is 2. The number of rotatable bonds is 2. The van der Waals surface area contributed by atoms with Gasteiger partial charge in [-0.1, -0.05) is 52.8 Å². The van der Waals surface area contributed by atoms with E-state index in [1.54, 1.807) is 6.07 Å². The zero-order valence-electron chi connectivity index (χ0n) is 15.3. The van der Waals surface area contributed by atoms with Crippen LogP contribution in [0.15, 0.2) is 61.9 Å². The highest BCUT2D eigenvalue weighted by molar-refractivity contribution is 9.10. The summed E-state index contributed by atoms with van der Waals surface area (Å²) in [6, 6.07) is 15.9. The first-order valence-corrected chi connectivity index (χ1v) is 10.2. The second-order valence-electron chi connectivity index (χ2n) is 6.60. The number of aromatic nitrogens is 1. The number of amides is 1. The molecule has 0 saturated heterocycles. The number of hydrogen-bond donors (Lipinski definition) is 2. The molecule has 0 atom stereocenters. The van der Waals surface area contributed by atoms with E-state index in [0.29, 0.717) is 11.3 Å². The molecule has 29 heavy (non-hydrogen) atoms. The standard InChI is InChI=1S/C12H12BrNO2.C9H8BrN.2CH4/c1-7(2)14-12(15)11-5-8-3-4-9(13)6-10(8)16-11;1-6-4-7-2-3-8(10)5-9(7)11-6;;/h3-7H,1-2H3,(H,14,15);2-5,11H,1H3;2*1H4. The summed E-state index contributed by atoms with van der Waals surface area (Å²) in [6.07, 6.45) is 0. The number of carbonyl (C=O) groups is 1. The summed E-state index contributed by atoms with van der Waals surface area (Å²) in [5, 5.41) is 4.99. The lowest BCUT2D eigenvalue weighted by Crippen LogP contribution is -2.29. The third-order valence-corrected chi connectivity index (χ3v) is 4.83. The molecule has 2 aromatic carbocycles. The van der Waals surface area contributed by atoms with Gasteiger partial charge >= 0.3 is 0 Å². The Morgan fingerprint density at radius 1 is 0.966 bits per heavy atom. The smallest absolute Gasteiger partial charge is 0.287 e. The average Bonchev–Trinajstić information content (AvgIpc) is 3.16. The number of aromatic amines is 1. The summed E-state index contributed by atoms with van der Waals surface area (Å²) < 4.78 is 7.52. The maximum Gasteiger partial charge on any atom is 0.287 e. The van der Waals surface area contributed by atoms with E-state index in [4.69, 9.17) is 4.42 Å². The van der Waals surface area contributed by atoms with Gasteiger partial charge in [-0.05, 0) is 68.6 Å². The number of furan rings is 1. The topological polar surface area (TPSA) is 58.0 Å². The van der Waals surface area contributed by atoms with Gasteiger partial charge in [0.25, 0.3) is 5.91 Å². The number of benzene rings is 2. The van der Waals surface area contributed by atoms with Crippen LogP contribution in [-0.4, -0.2) is 16.9 Å². The Bertz CT molecular complexity index is 1100. The van der Waals surface area contributed by atoms with Crippen LogP contribution in [0.3, 0.4) is 0 Å². The van der Waals surface area contributed by atoms with E-state index in [1.165, 1.54) is 16.6 Å². The highest BCUT2D eigenvalue weighted by atomic mass is 79.9. The summed E-state index contributed by atoms with van der Waals surface area (Å²) in [6.45, 7) is 5.89. The van der Waals surface area contributed by atoms with Gasteiger partial charge in [0.1, 0.15) is 5.58 Å². The Labute approximate surface area is 189 Å². The average molecular weight is 524 g/mol. The Kier molecular flexibility index (Phi) is 9.17. The van der Waals surface area contributed by atoms with Crippen molar-refractivity contribution in [2.24, 2.45) is 0 Å². The van der Waals surface area contributed by atoms with Crippen LogP contribution in [0.25, 0.3) is 21.9 Å². The summed E-state index contributed by atoms with van der Waals surface area (Å²) in [7, 11) is 0. The van der Waals surface area contributed by atoms with Crippen molar-refractivity contribution in [3.8, 4) is 0 Å². The van der Waals surface area contributed by atoms with E-state index in [1.807, 2.05) is 32.0 Å². The Morgan fingerprint density at radius 3 is 2.24 bits per heavy atom. The number of carbonyl (C=O) groups excluding carboxylic acids is 1. The Hall–Kier alpha value is -2.05. The molecular weight excluding hydrogens is 496 g/mol. The molecule has 4 rings (SSSR count). The maximum atomic E-state index is 11.7. The minimum Gasteiger partial charge on any atom is -0.451 e. The first kappa shape index (κ1) is 25.0. The lowest BCUT2D eigenvalue weighted by atomic mass is 10.2. The number of nitrogens with one attached hydrogen (secondary N) is 2. The third-order valence-electron chi connectivity index (χ3n) is 3.84. The zero-order chi connectivity index (χ0) is 19.6. The van der Waals surface area contributed by atoms with Gasteiger partial charge < -0.3 is 14.7 Å². The fourth-order valence-corrected chi connectivity index (χ4v) is 3.40. The normalized spacial score (nSPS) is 10.1. The molecule has 0 bridgehead atoms. The minimum atomic E-state index is -0.178. The molecule has 4 aromatic rings. The number of fused-ring (bicyclic) bond motifs is 2. The van der Waals surface area contributed by atoms with Crippen molar-refractivity contribution < 1.29 is 9.21 Å². The first-order chi connectivity index (χ1) is 12.8. The van der Waals surface area contributed by atoms with Gasteiger partial charge in [0, 0.05) is 31.6 Å². The molecule has 0 saturated carbocycles. The van der Waals surface area contributed by atoms with Crippen LogP contribution in [0.2, 0.25) is 0 Å². The van der Waals surface area contributed by atoms with Crippen molar-refractivity contribution in [1.29, 1.82) is 0 Å². The van der Waals surface area contributed by atoms with E-state index in [0.717, 1.165) is 14.3 Å². The molecule has 0 aliphatic carbocycles. The SMILES string of the molecule is C.C.CC(C)NC(=O)c1cc2ccc(Br)cc2o1.Cc1cc2ccc(Br)cc2[nH]1. The maximum absolute atomic E-state index is 11.7. The quantitative estimate of drug-likeness (QED) is 0.281. The predicted octanol–water partition coefficient (Wildman–Crippen LogP) is 7.84. The van der Waals surface area contributed by atoms with Crippen LogP contribution in [0, 0.1) is 6.92 Å². The van der Waals surface area contributed by atoms with Crippen molar-refractivity contribution in [3.63, 3.8) is 0 Å². The van der Waals surface area contributed by atoms with Gasteiger partial charge in [-0.15, -0.1) is 0 Å². The van der Waals surface area contributed by atoms with Crippen molar-refractivity contribution in [2.45, 2.75) is 41.7 Å². The van der Waals surface area contributed by atoms with Gasteiger partial charge in [-0.25, -0.2) is 0 Å². The number of H-pyrrole nitrogens is 1. The van der Waals surface area contributed by atoms with E-state index >= 15 is 0 Å². The largest absolute Gasteiger partial charge is 0.451 e. The van der Waals surface area contributed by atoms with Crippen LogP contribution in [-0.2, 0) is 0 Å². The summed E-state index contributed by atoms with van der Waals surface area (Å²) in [4.78, 5) is 15.0. The molecule has 6 heteroatoms. The summed E-state index contributed by atoms with van der Waals surface area (Å²) in [5.74, 6) is 0.170. The van der Waals surface area contributed by atoms with Crippen molar-refractivity contribution in [1.82, 2.24) is 10.3 Å². The minimum absolute atomic E-state index is 0. The molecule has 1 amide bonds. The Morgan fingerprint density at radius 2 is 1.59 bits per heavy atom. The summed E-state index contributed by atoms with van der Waals surface area (Å²) >= 11 is 6.78. The molecule has 0 fully saturated rings. The lowest BCUT2D eigenvalue weighted by molar-refractivity contribution is 0.0917. The summed E-state index contributed by atoms with van der Waals surface area (Å²) in [5.41, 5.74) is 3.11. The molecule has 0 aliphatic rings. The van der Waals surface area contributed by atoms with E-state index < -0.39 is 0 Å². The molecule has 2 heterocycles. The van der Waals surface area contributed by atoms with Crippen LogP contribution >= 0.6 is 31.9 Å². The first-order valence-electron chi connectivity index (χ1n) is 8.56. The van der Waals surface area contributed by atoms with Crippen LogP contribution in [0.4, 0.5) is 0 Å². The molecule has 0 radical (unpaired) electrons. The van der Waals surface area contributed by atoms with Crippen LogP contribution < -0.4 is 5.32 Å². The molecule has 2 N–H and O–H groups in total. The highest BCUT2D eigenvalue weighted by Crippen LogP contribution is 2.23. The Balaban J connectivity index is 0.000000286. The fraction of sp³-hybridized carbons (Fsp3) is 0.261. The molecule has 4 nitrogen and oxygen atoms in total. The molecule has 0 spiro atoms. The van der Waals surface area contributed by atoms with E-state index in [-0.39, 0.29) is 26.8 Å². The number of hydrogen-bond acceptors (Lipinski definition) is 2. The van der Waals surface area contributed by atoms with Crippen molar-refractivity contribution >= 4 is 59.6 Å². The van der Waals surface area contributed by atoms with Gasteiger partial charge in [0.2, 0.25) is 0 Å². The molecule has 2 aromatic heterocycles. The van der Waals surface area contributed by atoms with E-state index in [9.17, 15) is 4.79 Å². The number of aryl methyl sites for hydroxylation is 1. The van der Waals surface area contributed by atoms with Gasteiger partial charge in [0.15, 0.2) is 5.76 Å². The monoisotopic (exact) mass is 522 g/mol. The second kappa shape index (κ2) is 10.6. The van der Waals surface area contributed by atoms with Crippen molar-refractivity contribution in [3.05, 3.63) is 68.9 Å². The fourth-order valence-electron chi connectivity index (χ4n) is 2.69. The third kappa shape index (κ3) is 6.47. The second-order valence-corrected chi connectivity index (χ2v) is 8.44. The van der Waals surface area contributed by atoms with Gasteiger partial charge in [-0.3, -0.25) is 4.79 Å². The van der Waals surface area contributed by atoms with Gasteiger partial charge in [0.05, 0.1) is 0 Å². The lowest BCUT2D eigenvalue weighted by Gasteiger charge is -2.04. The predicted molar refractivity (Wildman–Crippen MR) is 131 cm³/mol.